The quantitative estimate of drug-likeness (QED) is 0.830. The zero-order valence-electron chi connectivity index (χ0n) is 9.43. The fourth-order valence-corrected chi connectivity index (χ4v) is 2.23. The Labute approximate surface area is 96.2 Å². The summed E-state index contributed by atoms with van der Waals surface area (Å²) in [5.41, 5.74) is 6.70. The molecular weight excluding hydrogens is 200 g/mol. The van der Waals surface area contributed by atoms with Crippen molar-refractivity contribution in [2.75, 3.05) is 13.1 Å². The Morgan fingerprint density at radius 1 is 1.31 bits per heavy atom. The highest BCUT2D eigenvalue weighted by molar-refractivity contribution is 5.80. The molecule has 1 aromatic rings. The predicted octanol–water partition coefficient (Wildman–Crippen LogP) is 1.38. The maximum Gasteiger partial charge on any atom is 0.226 e. The third kappa shape index (κ3) is 2.42. The highest BCUT2D eigenvalue weighted by atomic mass is 16.2. The first-order valence-corrected chi connectivity index (χ1v) is 5.84. The maximum atomic E-state index is 12.0. The Morgan fingerprint density at radius 3 is 2.75 bits per heavy atom. The van der Waals surface area contributed by atoms with Crippen LogP contribution in [0.2, 0.25) is 0 Å². The Morgan fingerprint density at radius 2 is 2.06 bits per heavy atom. The number of carbonyl (C=O) groups is 1. The van der Waals surface area contributed by atoms with Crippen molar-refractivity contribution in [3.63, 3.8) is 0 Å². The lowest BCUT2D eigenvalue weighted by atomic mass is 10.0. The van der Waals surface area contributed by atoms with Crippen LogP contribution in [-0.2, 0) is 11.3 Å². The zero-order valence-corrected chi connectivity index (χ0v) is 9.43. The summed E-state index contributed by atoms with van der Waals surface area (Å²) in [7, 11) is 0. The number of hydrogen-bond acceptors (Lipinski definition) is 2. The standard InChI is InChI=1S/C13H18N2O/c14-8-6-12-7-9-15(13(12)16)10-11-4-2-1-3-5-11/h1-5,12H,6-10,14H2/t12-/m1/s1. The summed E-state index contributed by atoms with van der Waals surface area (Å²) >= 11 is 0. The van der Waals surface area contributed by atoms with Gasteiger partial charge in [-0.15, -0.1) is 0 Å². The normalized spacial score (nSPS) is 20.4. The van der Waals surface area contributed by atoms with Crippen LogP contribution in [0.5, 0.6) is 0 Å². The predicted molar refractivity (Wildman–Crippen MR) is 63.6 cm³/mol. The fourth-order valence-electron chi connectivity index (χ4n) is 2.23. The van der Waals surface area contributed by atoms with Crippen molar-refractivity contribution in [1.29, 1.82) is 0 Å². The Bertz CT molecular complexity index is 350. The summed E-state index contributed by atoms with van der Waals surface area (Å²) in [5.74, 6) is 0.433. The van der Waals surface area contributed by atoms with E-state index < -0.39 is 0 Å². The summed E-state index contributed by atoms with van der Waals surface area (Å²) in [6.07, 6.45) is 1.78. The van der Waals surface area contributed by atoms with Gasteiger partial charge in [0.1, 0.15) is 0 Å². The molecule has 1 aromatic carbocycles. The van der Waals surface area contributed by atoms with Crippen LogP contribution in [0.4, 0.5) is 0 Å². The van der Waals surface area contributed by atoms with E-state index in [1.54, 1.807) is 0 Å². The molecule has 1 atom stereocenters. The summed E-state index contributed by atoms with van der Waals surface area (Å²) in [4.78, 5) is 13.9. The molecule has 2 rings (SSSR count). The first kappa shape index (κ1) is 11.1. The molecule has 0 bridgehead atoms. The van der Waals surface area contributed by atoms with Gasteiger partial charge in [0.2, 0.25) is 5.91 Å². The molecule has 16 heavy (non-hydrogen) atoms. The second kappa shape index (κ2) is 5.12. The van der Waals surface area contributed by atoms with Crippen molar-refractivity contribution in [3.8, 4) is 0 Å². The Balaban J connectivity index is 1.95. The van der Waals surface area contributed by atoms with E-state index in [-0.39, 0.29) is 11.8 Å². The first-order valence-electron chi connectivity index (χ1n) is 5.84. The van der Waals surface area contributed by atoms with Crippen LogP contribution < -0.4 is 5.73 Å². The second-order valence-corrected chi connectivity index (χ2v) is 4.31. The van der Waals surface area contributed by atoms with Crippen molar-refractivity contribution in [3.05, 3.63) is 35.9 Å². The topological polar surface area (TPSA) is 46.3 Å². The number of nitrogens with two attached hydrogens (primary N) is 1. The monoisotopic (exact) mass is 218 g/mol. The minimum Gasteiger partial charge on any atom is -0.338 e. The number of carbonyl (C=O) groups excluding carboxylic acids is 1. The molecule has 2 N–H and O–H groups in total. The molecule has 0 spiro atoms. The van der Waals surface area contributed by atoms with Crippen LogP contribution in [0.1, 0.15) is 18.4 Å². The molecule has 1 amide bonds. The summed E-state index contributed by atoms with van der Waals surface area (Å²) in [5, 5.41) is 0. The van der Waals surface area contributed by atoms with Gasteiger partial charge in [-0.2, -0.15) is 0 Å². The Kier molecular flexibility index (Phi) is 3.57. The van der Waals surface area contributed by atoms with Gasteiger partial charge < -0.3 is 10.6 Å². The van der Waals surface area contributed by atoms with E-state index in [1.807, 2.05) is 23.1 Å². The van der Waals surface area contributed by atoms with Crippen molar-refractivity contribution >= 4 is 5.91 Å². The van der Waals surface area contributed by atoms with Crippen molar-refractivity contribution in [1.82, 2.24) is 4.90 Å². The number of amides is 1. The molecule has 0 unspecified atom stereocenters. The van der Waals surface area contributed by atoms with E-state index in [4.69, 9.17) is 5.73 Å². The van der Waals surface area contributed by atoms with E-state index in [9.17, 15) is 4.79 Å². The molecule has 0 radical (unpaired) electrons. The van der Waals surface area contributed by atoms with Crippen LogP contribution >= 0.6 is 0 Å². The largest absolute Gasteiger partial charge is 0.338 e. The van der Waals surface area contributed by atoms with Crippen LogP contribution in [0.15, 0.2) is 30.3 Å². The van der Waals surface area contributed by atoms with Gasteiger partial charge in [0.25, 0.3) is 0 Å². The van der Waals surface area contributed by atoms with Crippen molar-refractivity contribution in [2.24, 2.45) is 11.7 Å². The van der Waals surface area contributed by atoms with Gasteiger partial charge in [0, 0.05) is 19.0 Å². The summed E-state index contributed by atoms with van der Waals surface area (Å²) in [6, 6.07) is 10.1. The zero-order chi connectivity index (χ0) is 11.4. The lowest BCUT2D eigenvalue weighted by molar-refractivity contribution is -0.131. The van der Waals surface area contributed by atoms with Crippen molar-refractivity contribution < 1.29 is 4.79 Å². The van der Waals surface area contributed by atoms with Crippen LogP contribution in [0, 0.1) is 5.92 Å². The van der Waals surface area contributed by atoms with E-state index in [2.05, 4.69) is 12.1 Å². The highest BCUT2D eigenvalue weighted by Crippen LogP contribution is 2.22. The SMILES string of the molecule is NCC[C@@H]1CCN(Cc2ccccc2)C1=O. The molecule has 1 aliphatic rings. The molecular formula is C13H18N2O. The average Bonchev–Trinajstić information content (AvgIpc) is 2.64. The third-order valence-electron chi connectivity index (χ3n) is 3.14. The highest BCUT2D eigenvalue weighted by Gasteiger charge is 2.30. The minimum absolute atomic E-state index is 0.161. The van der Waals surface area contributed by atoms with E-state index in [0.29, 0.717) is 6.54 Å². The van der Waals surface area contributed by atoms with Gasteiger partial charge in [-0.05, 0) is 24.9 Å². The first-order chi connectivity index (χ1) is 7.81. The average molecular weight is 218 g/mol. The molecule has 0 aromatic heterocycles. The second-order valence-electron chi connectivity index (χ2n) is 4.31. The molecule has 0 saturated carbocycles. The van der Waals surface area contributed by atoms with Crippen LogP contribution in [0.25, 0.3) is 0 Å². The molecule has 3 nitrogen and oxygen atoms in total. The summed E-state index contributed by atoms with van der Waals surface area (Å²) < 4.78 is 0. The van der Waals surface area contributed by atoms with Gasteiger partial charge >= 0.3 is 0 Å². The minimum atomic E-state index is 0.161. The van der Waals surface area contributed by atoms with Gasteiger partial charge in [-0.3, -0.25) is 4.79 Å². The number of hydrogen-bond donors (Lipinski definition) is 1. The van der Waals surface area contributed by atoms with Crippen LogP contribution in [0.3, 0.4) is 0 Å². The van der Waals surface area contributed by atoms with E-state index >= 15 is 0 Å². The fraction of sp³-hybridized carbons (Fsp3) is 0.462. The number of benzene rings is 1. The number of rotatable bonds is 4. The van der Waals surface area contributed by atoms with Crippen molar-refractivity contribution in [2.45, 2.75) is 19.4 Å². The molecule has 3 heteroatoms. The van der Waals surface area contributed by atoms with Gasteiger partial charge in [0.05, 0.1) is 0 Å². The van der Waals surface area contributed by atoms with E-state index in [1.165, 1.54) is 5.56 Å². The molecule has 1 heterocycles. The maximum absolute atomic E-state index is 12.0. The molecule has 1 saturated heterocycles. The van der Waals surface area contributed by atoms with E-state index in [0.717, 1.165) is 25.9 Å². The summed E-state index contributed by atoms with van der Waals surface area (Å²) in [6.45, 7) is 2.22. The van der Waals surface area contributed by atoms with Gasteiger partial charge in [-0.1, -0.05) is 30.3 Å². The van der Waals surface area contributed by atoms with Gasteiger partial charge in [-0.25, -0.2) is 0 Å². The number of likely N-dealkylation sites (tertiary alicyclic amines) is 1. The van der Waals surface area contributed by atoms with Gasteiger partial charge in [0.15, 0.2) is 0 Å². The molecule has 86 valence electrons. The molecule has 0 aliphatic carbocycles. The number of nitrogens with zero attached hydrogens (tertiary/aromatic N) is 1. The molecule has 1 aliphatic heterocycles. The molecule has 1 fully saturated rings. The lowest BCUT2D eigenvalue weighted by Gasteiger charge is -2.16. The third-order valence-corrected chi connectivity index (χ3v) is 3.14. The lowest BCUT2D eigenvalue weighted by Crippen LogP contribution is -2.27. The Hall–Kier alpha value is -1.35. The van der Waals surface area contributed by atoms with Crippen LogP contribution in [-0.4, -0.2) is 23.9 Å². The smallest absolute Gasteiger partial charge is 0.226 e.